The Balaban J connectivity index is 2.32. The van der Waals surface area contributed by atoms with Crippen molar-refractivity contribution in [3.8, 4) is 0 Å². The highest BCUT2D eigenvalue weighted by atomic mass is 16.4. The Kier molecular flexibility index (Phi) is 5.04. The number of aromatic nitrogens is 2. The summed E-state index contributed by atoms with van der Waals surface area (Å²) in [5.41, 5.74) is 0.168. The first-order valence-electron chi connectivity index (χ1n) is 7.28. The third-order valence-electron chi connectivity index (χ3n) is 4.00. The maximum Gasteiger partial charge on any atom is 0.373 e. The van der Waals surface area contributed by atoms with Crippen LogP contribution in [0.25, 0.3) is 0 Å². The van der Waals surface area contributed by atoms with E-state index in [4.69, 9.17) is 5.11 Å². The Labute approximate surface area is 128 Å². The number of hydrogen-bond donors (Lipinski definition) is 3. The molecule has 0 spiro atoms. The fraction of sp³-hybridized carbons (Fsp3) is 0.571. The average Bonchev–Trinajstić information content (AvgIpc) is 2.53. The Bertz CT molecular complexity index is 578. The van der Waals surface area contributed by atoms with Crippen LogP contribution in [0, 0.1) is 0 Å². The molecule has 0 aliphatic carbocycles. The van der Waals surface area contributed by atoms with Gasteiger partial charge in [0, 0.05) is 36.9 Å². The lowest BCUT2D eigenvalue weighted by molar-refractivity contribution is 0.0676. The molecule has 0 amide bonds. The molecule has 1 saturated heterocycles. The van der Waals surface area contributed by atoms with Crippen molar-refractivity contribution in [3.05, 3.63) is 23.3 Å². The molecule has 1 aliphatic heterocycles. The van der Waals surface area contributed by atoms with Gasteiger partial charge in [-0.2, -0.15) is 0 Å². The average molecular weight is 308 g/mol. The maximum absolute atomic E-state index is 11.4. The molecule has 3 N–H and O–H groups in total. The minimum absolute atomic E-state index is 0.225. The van der Waals surface area contributed by atoms with Gasteiger partial charge >= 0.3 is 11.9 Å². The van der Waals surface area contributed by atoms with Gasteiger partial charge in [0.05, 0.1) is 0 Å². The predicted molar refractivity (Wildman–Crippen MR) is 78.0 cm³/mol. The summed E-state index contributed by atoms with van der Waals surface area (Å²) in [4.78, 5) is 32.0. The van der Waals surface area contributed by atoms with Crippen LogP contribution in [0.2, 0.25) is 0 Å². The summed E-state index contributed by atoms with van der Waals surface area (Å²) >= 11 is 0. The molecule has 22 heavy (non-hydrogen) atoms. The Morgan fingerprint density at radius 1 is 1.36 bits per heavy atom. The SMILES string of the molecule is CCC1CNC(c2cnc(C(=O)O)nc2C(=O)O)CN1CC. The molecule has 8 heteroatoms. The van der Waals surface area contributed by atoms with Crippen molar-refractivity contribution < 1.29 is 19.8 Å². The van der Waals surface area contributed by atoms with Gasteiger partial charge < -0.3 is 15.5 Å². The maximum atomic E-state index is 11.4. The van der Waals surface area contributed by atoms with Gasteiger partial charge in [0.1, 0.15) is 0 Å². The number of carbonyl (C=O) groups is 2. The second-order valence-electron chi connectivity index (χ2n) is 5.22. The third kappa shape index (κ3) is 3.23. The normalized spacial score (nSPS) is 22.5. The Morgan fingerprint density at radius 2 is 2.09 bits per heavy atom. The smallest absolute Gasteiger partial charge is 0.373 e. The number of likely N-dealkylation sites (N-methyl/N-ethyl adjacent to an activating group) is 1. The van der Waals surface area contributed by atoms with Gasteiger partial charge in [-0.25, -0.2) is 19.6 Å². The molecule has 0 aromatic carbocycles. The molecule has 2 unspecified atom stereocenters. The van der Waals surface area contributed by atoms with E-state index in [-0.39, 0.29) is 11.7 Å². The topological polar surface area (TPSA) is 116 Å². The van der Waals surface area contributed by atoms with Gasteiger partial charge in [-0.1, -0.05) is 13.8 Å². The van der Waals surface area contributed by atoms with Crippen molar-refractivity contribution in [2.75, 3.05) is 19.6 Å². The Morgan fingerprint density at radius 3 is 2.64 bits per heavy atom. The van der Waals surface area contributed by atoms with E-state index in [0.717, 1.165) is 19.5 Å². The van der Waals surface area contributed by atoms with Crippen LogP contribution in [0.4, 0.5) is 0 Å². The van der Waals surface area contributed by atoms with E-state index in [1.54, 1.807) is 0 Å². The molecule has 1 aromatic heterocycles. The molecule has 1 aromatic rings. The summed E-state index contributed by atoms with van der Waals surface area (Å²) in [5.74, 6) is -3.09. The summed E-state index contributed by atoms with van der Waals surface area (Å²) in [5, 5.41) is 21.5. The first kappa shape index (κ1) is 16.3. The number of carboxylic acids is 2. The van der Waals surface area contributed by atoms with E-state index in [9.17, 15) is 14.7 Å². The molecule has 2 atom stereocenters. The van der Waals surface area contributed by atoms with Crippen molar-refractivity contribution >= 4 is 11.9 Å². The number of nitrogens with zero attached hydrogens (tertiary/aromatic N) is 3. The van der Waals surface area contributed by atoms with Gasteiger partial charge in [-0.05, 0) is 13.0 Å². The molecule has 0 saturated carbocycles. The number of rotatable bonds is 5. The van der Waals surface area contributed by atoms with Crippen LogP contribution in [0.5, 0.6) is 0 Å². The number of piperazine rings is 1. The molecule has 2 rings (SSSR count). The largest absolute Gasteiger partial charge is 0.476 e. The third-order valence-corrected chi connectivity index (χ3v) is 4.00. The van der Waals surface area contributed by atoms with Crippen LogP contribution in [0.1, 0.15) is 53.0 Å². The minimum Gasteiger partial charge on any atom is -0.476 e. The van der Waals surface area contributed by atoms with E-state index in [2.05, 4.69) is 34.0 Å². The number of aromatic carboxylic acids is 2. The molecule has 0 bridgehead atoms. The minimum atomic E-state index is -1.34. The number of nitrogens with one attached hydrogen (secondary N) is 1. The highest BCUT2D eigenvalue weighted by Crippen LogP contribution is 2.23. The highest BCUT2D eigenvalue weighted by molar-refractivity contribution is 5.89. The molecule has 120 valence electrons. The van der Waals surface area contributed by atoms with Crippen molar-refractivity contribution in [1.29, 1.82) is 0 Å². The molecular weight excluding hydrogens is 288 g/mol. The lowest BCUT2D eigenvalue weighted by Gasteiger charge is -2.39. The quantitative estimate of drug-likeness (QED) is 0.725. The monoisotopic (exact) mass is 308 g/mol. The van der Waals surface area contributed by atoms with Crippen molar-refractivity contribution in [1.82, 2.24) is 20.2 Å². The molecular formula is C14H20N4O4. The van der Waals surface area contributed by atoms with Crippen LogP contribution in [-0.4, -0.2) is 62.7 Å². The van der Waals surface area contributed by atoms with Gasteiger partial charge in [0.2, 0.25) is 5.82 Å². The van der Waals surface area contributed by atoms with Crippen LogP contribution in [0.3, 0.4) is 0 Å². The van der Waals surface area contributed by atoms with Gasteiger partial charge in [0.25, 0.3) is 0 Å². The standard InChI is InChI=1S/C14H20N4O4/c1-3-8-5-15-10(7-18(8)4-2)9-6-16-12(14(21)22)17-11(9)13(19)20/h6,8,10,15H,3-5,7H2,1-2H3,(H,19,20)(H,21,22). The van der Waals surface area contributed by atoms with Crippen molar-refractivity contribution in [3.63, 3.8) is 0 Å². The summed E-state index contributed by atoms with van der Waals surface area (Å²) in [7, 11) is 0. The molecule has 8 nitrogen and oxygen atoms in total. The summed E-state index contributed by atoms with van der Waals surface area (Å²) < 4.78 is 0. The van der Waals surface area contributed by atoms with E-state index < -0.39 is 17.8 Å². The lowest BCUT2D eigenvalue weighted by atomic mass is 10.0. The Hall–Kier alpha value is -2.06. The predicted octanol–water partition coefficient (Wildman–Crippen LogP) is 0.618. The highest BCUT2D eigenvalue weighted by Gasteiger charge is 2.30. The number of hydrogen-bond acceptors (Lipinski definition) is 6. The zero-order chi connectivity index (χ0) is 16.3. The van der Waals surface area contributed by atoms with Gasteiger partial charge in [-0.3, -0.25) is 4.90 Å². The van der Waals surface area contributed by atoms with Crippen LogP contribution < -0.4 is 5.32 Å². The van der Waals surface area contributed by atoms with Crippen LogP contribution in [0.15, 0.2) is 6.20 Å². The van der Waals surface area contributed by atoms with E-state index in [1.807, 2.05) is 0 Å². The van der Waals surface area contributed by atoms with Crippen molar-refractivity contribution in [2.45, 2.75) is 32.4 Å². The van der Waals surface area contributed by atoms with Crippen LogP contribution in [-0.2, 0) is 0 Å². The zero-order valence-electron chi connectivity index (χ0n) is 12.6. The zero-order valence-corrected chi connectivity index (χ0v) is 12.6. The fourth-order valence-electron chi connectivity index (χ4n) is 2.77. The first-order chi connectivity index (χ1) is 10.5. The summed E-state index contributed by atoms with van der Waals surface area (Å²) in [6, 6.07) is 0.186. The molecule has 1 aliphatic rings. The van der Waals surface area contributed by atoms with Gasteiger partial charge in [0.15, 0.2) is 5.69 Å². The second-order valence-corrected chi connectivity index (χ2v) is 5.22. The number of carboxylic acid groups (broad SMARTS) is 2. The summed E-state index contributed by atoms with van der Waals surface area (Å²) in [6.07, 6.45) is 2.31. The lowest BCUT2D eigenvalue weighted by Crippen LogP contribution is -2.52. The molecule has 2 heterocycles. The second kappa shape index (κ2) is 6.80. The molecule has 1 fully saturated rings. The van der Waals surface area contributed by atoms with Crippen LogP contribution >= 0.6 is 0 Å². The van der Waals surface area contributed by atoms with Crippen molar-refractivity contribution in [2.24, 2.45) is 0 Å². The fourth-order valence-corrected chi connectivity index (χ4v) is 2.77. The molecule has 0 radical (unpaired) electrons. The first-order valence-corrected chi connectivity index (χ1v) is 7.28. The van der Waals surface area contributed by atoms with E-state index >= 15 is 0 Å². The summed E-state index contributed by atoms with van der Waals surface area (Å²) in [6.45, 7) is 6.43. The van der Waals surface area contributed by atoms with E-state index in [0.29, 0.717) is 18.2 Å². The van der Waals surface area contributed by atoms with Gasteiger partial charge in [-0.15, -0.1) is 0 Å². The van der Waals surface area contributed by atoms with E-state index in [1.165, 1.54) is 6.20 Å².